The molecule has 1 aliphatic rings. The molecule has 0 aromatic heterocycles. The van der Waals surface area contributed by atoms with Crippen molar-refractivity contribution in [3.8, 4) is 0 Å². The zero-order valence-corrected chi connectivity index (χ0v) is 14.7. The molecule has 1 aliphatic heterocycles. The predicted octanol–water partition coefficient (Wildman–Crippen LogP) is 3.31. The third-order valence-electron chi connectivity index (χ3n) is 5.15. The quantitative estimate of drug-likeness (QED) is 0.867. The SMILES string of the molecule is O=C(O)N1CCC(Cc2ccccc2)(C(=O)NCc2ccccc2)CC1. The first-order valence-electron chi connectivity index (χ1n) is 8.93. The summed E-state index contributed by atoms with van der Waals surface area (Å²) in [5.41, 5.74) is 1.59. The van der Waals surface area contributed by atoms with Crippen molar-refractivity contribution >= 4 is 12.0 Å². The van der Waals surface area contributed by atoms with Gasteiger partial charge in [-0.3, -0.25) is 4.79 Å². The second-order valence-electron chi connectivity index (χ2n) is 6.88. The van der Waals surface area contributed by atoms with Gasteiger partial charge < -0.3 is 15.3 Å². The van der Waals surface area contributed by atoms with E-state index in [9.17, 15) is 14.7 Å². The van der Waals surface area contributed by atoms with E-state index in [1.807, 2.05) is 60.7 Å². The summed E-state index contributed by atoms with van der Waals surface area (Å²) in [6, 6.07) is 19.8. The smallest absolute Gasteiger partial charge is 0.407 e. The number of benzene rings is 2. The van der Waals surface area contributed by atoms with Gasteiger partial charge in [-0.05, 0) is 30.4 Å². The van der Waals surface area contributed by atoms with Gasteiger partial charge in [0.1, 0.15) is 0 Å². The fourth-order valence-corrected chi connectivity index (χ4v) is 3.56. The Morgan fingerprint density at radius 3 is 2.00 bits per heavy atom. The minimum Gasteiger partial charge on any atom is -0.465 e. The zero-order chi connectivity index (χ0) is 18.4. The van der Waals surface area contributed by atoms with Crippen LogP contribution in [-0.4, -0.2) is 35.1 Å². The number of nitrogens with one attached hydrogen (secondary N) is 1. The lowest BCUT2D eigenvalue weighted by Crippen LogP contribution is -2.50. The molecule has 136 valence electrons. The Labute approximate surface area is 153 Å². The van der Waals surface area contributed by atoms with Crippen molar-refractivity contribution < 1.29 is 14.7 Å². The van der Waals surface area contributed by atoms with Crippen molar-refractivity contribution in [2.75, 3.05) is 13.1 Å². The highest BCUT2D eigenvalue weighted by molar-refractivity contribution is 5.83. The predicted molar refractivity (Wildman–Crippen MR) is 99.7 cm³/mol. The normalized spacial score (nSPS) is 16.1. The van der Waals surface area contributed by atoms with Crippen LogP contribution in [0.5, 0.6) is 0 Å². The summed E-state index contributed by atoms with van der Waals surface area (Å²) in [6.45, 7) is 1.26. The molecule has 2 N–H and O–H groups in total. The second kappa shape index (κ2) is 8.04. The van der Waals surface area contributed by atoms with Crippen LogP contribution in [0.25, 0.3) is 0 Å². The minimum absolute atomic E-state index is 0.00949. The topological polar surface area (TPSA) is 69.6 Å². The summed E-state index contributed by atoms with van der Waals surface area (Å²) < 4.78 is 0. The third-order valence-corrected chi connectivity index (χ3v) is 5.15. The van der Waals surface area contributed by atoms with Gasteiger partial charge in [-0.2, -0.15) is 0 Å². The summed E-state index contributed by atoms with van der Waals surface area (Å²) in [5.74, 6) is 0.00949. The Morgan fingerprint density at radius 2 is 1.46 bits per heavy atom. The molecule has 5 heteroatoms. The number of amides is 2. The number of carbonyl (C=O) groups excluding carboxylic acids is 1. The van der Waals surface area contributed by atoms with Crippen LogP contribution in [0.4, 0.5) is 4.79 Å². The summed E-state index contributed by atoms with van der Waals surface area (Å²) in [5, 5.41) is 12.3. The summed E-state index contributed by atoms with van der Waals surface area (Å²) in [6.07, 6.45) is 0.786. The number of likely N-dealkylation sites (tertiary alicyclic amines) is 1. The molecule has 2 aromatic rings. The van der Waals surface area contributed by atoms with Gasteiger partial charge >= 0.3 is 6.09 Å². The number of rotatable bonds is 5. The maximum atomic E-state index is 13.1. The third kappa shape index (κ3) is 4.23. The molecule has 0 aliphatic carbocycles. The van der Waals surface area contributed by atoms with E-state index in [-0.39, 0.29) is 5.91 Å². The van der Waals surface area contributed by atoms with E-state index in [1.54, 1.807) is 0 Å². The first kappa shape index (κ1) is 18.0. The van der Waals surface area contributed by atoms with E-state index in [0.717, 1.165) is 11.1 Å². The minimum atomic E-state index is -0.914. The lowest BCUT2D eigenvalue weighted by atomic mass is 9.73. The Kier molecular flexibility index (Phi) is 5.56. The number of hydrogen-bond acceptors (Lipinski definition) is 2. The van der Waals surface area contributed by atoms with E-state index < -0.39 is 11.5 Å². The Balaban J connectivity index is 1.74. The monoisotopic (exact) mass is 352 g/mol. The Hall–Kier alpha value is -2.82. The van der Waals surface area contributed by atoms with Crippen molar-refractivity contribution in [1.82, 2.24) is 10.2 Å². The molecule has 5 nitrogen and oxygen atoms in total. The molecule has 26 heavy (non-hydrogen) atoms. The number of hydrogen-bond donors (Lipinski definition) is 2. The van der Waals surface area contributed by atoms with Crippen LogP contribution in [0.1, 0.15) is 24.0 Å². The maximum Gasteiger partial charge on any atom is 0.407 e. The van der Waals surface area contributed by atoms with Crippen LogP contribution in [0.15, 0.2) is 60.7 Å². The Morgan fingerprint density at radius 1 is 0.923 bits per heavy atom. The lowest BCUT2D eigenvalue weighted by Gasteiger charge is -2.40. The van der Waals surface area contributed by atoms with Crippen LogP contribution in [-0.2, 0) is 17.8 Å². The molecule has 0 radical (unpaired) electrons. The van der Waals surface area contributed by atoms with Crippen LogP contribution in [0, 0.1) is 5.41 Å². The molecule has 2 aromatic carbocycles. The van der Waals surface area contributed by atoms with Crippen molar-refractivity contribution in [2.45, 2.75) is 25.8 Å². The van der Waals surface area contributed by atoms with Crippen LogP contribution >= 0.6 is 0 Å². The molecule has 0 atom stereocenters. The first-order chi connectivity index (χ1) is 12.6. The van der Waals surface area contributed by atoms with Gasteiger partial charge in [-0.25, -0.2) is 4.79 Å². The number of carbonyl (C=O) groups is 2. The van der Waals surface area contributed by atoms with E-state index in [1.165, 1.54) is 4.90 Å². The molecule has 0 unspecified atom stereocenters. The molecule has 2 amide bonds. The molecule has 0 saturated carbocycles. The molecule has 1 fully saturated rings. The maximum absolute atomic E-state index is 13.1. The van der Waals surface area contributed by atoms with Gasteiger partial charge in [0.25, 0.3) is 0 Å². The highest BCUT2D eigenvalue weighted by atomic mass is 16.4. The number of piperidine rings is 1. The van der Waals surface area contributed by atoms with E-state index >= 15 is 0 Å². The molecule has 1 heterocycles. The fraction of sp³-hybridized carbons (Fsp3) is 0.333. The van der Waals surface area contributed by atoms with Gasteiger partial charge in [-0.15, -0.1) is 0 Å². The summed E-state index contributed by atoms with van der Waals surface area (Å²) >= 11 is 0. The molecule has 1 saturated heterocycles. The van der Waals surface area contributed by atoms with Gasteiger partial charge in [0.2, 0.25) is 5.91 Å². The first-order valence-corrected chi connectivity index (χ1v) is 8.93. The highest BCUT2D eigenvalue weighted by Gasteiger charge is 2.42. The average molecular weight is 352 g/mol. The largest absolute Gasteiger partial charge is 0.465 e. The van der Waals surface area contributed by atoms with Gasteiger partial charge in [0.15, 0.2) is 0 Å². The average Bonchev–Trinajstić information content (AvgIpc) is 2.68. The standard InChI is InChI=1S/C21H24N2O3/c24-19(22-16-18-9-5-2-6-10-18)21(15-17-7-3-1-4-8-17)11-13-23(14-12-21)20(25)26/h1-10H,11-16H2,(H,22,24)(H,25,26). The molecule has 0 spiro atoms. The number of carboxylic acid groups (broad SMARTS) is 1. The van der Waals surface area contributed by atoms with Gasteiger partial charge in [-0.1, -0.05) is 60.7 Å². The van der Waals surface area contributed by atoms with Crippen LogP contribution in [0.2, 0.25) is 0 Å². The van der Waals surface area contributed by atoms with Gasteiger partial charge in [0, 0.05) is 19.6 Å². The van der Waals surface area contributed by atoms with Gasteiger partial charge in [0.05, 0.1) is 5.41 Å². The molecular formula is C21H24N2O3. The van der Waals surface area contributed by atoms with E-state index in [4.69, 9.17) is 0 Å². The number of nitrogens with zero attached hydrogens (tertiary/aromatic N) is 1. The summed E-state index contributed by atoms with van der Waals surface area (Å²) in [4.78, 5) is 25.7. The van der Waals surface area contributed by atoms with Crippen molar-refractivity contribution in [1.29, 1.82) is 0 Å². The highest BCUT2D eigenvalue weighted by Crippen LogP contribution is 2.35. The molecule has 0 bridgehead atoms. The zero-order valence-electron chi connectivity index (χ0n) is 14.7. The van der Waals surface area contributed by atoms with E-state index in [2.05, 4.69) is 5.32 Å². The summed E-state index contributed by atoms with van der Waals surface area (Å²) in [7, 11) is 0. The second-order valence-corrected chi connectivity index (χ2v) is 6.88. The van der Waals surface area contributed by atoms with Crippen LogP contribution < -0.4 is 5.32 Å². The van der Waals surface area contributed by atoms with Crippen molar-refractivity contribution in [3.05, 3.63) is 71.8 Å². The van der Waals surface area contributed by atoms with E-state index in [0.29, 0.717) is 38.9 Å². The van der Waals surface area contributed by atoms with Crippen molar-refractivity contribution in [3.63, 3.8) is 0 Å². The van der Waals surface area contributed by atoms with Crippen molar-refractivity contribution in [2.24, 2.45) is 5.41 Å². The lowest BCUT2D eigenvalue weighted by molar-refractivity contribution is -0.133. The molecular weight excluding hydrogens is 328 g/mol. The fourth-order valence-electron chi connectivity index (χ4n) is 3.56. The van der Waals surface area contributed by atoms with Crippen LogP contribution in [0.3, 0.4) is 0 Å². The Bertz CT molecular complexity index is 738. The molecule has 3 rings (SSSR count).